The first-order chi connectivity index (χ1) is 9.11. The average Bonchev–Trinajstić information content (AvgIpc) is 2.41. The topological polar surface area (TPSA) is 40.5 Å². The zero-order valence-electron chi connectivity index (χ0n) is 10.6. The normalized spacial score (nSPS) is 19.5. The number of benzene rings is 1. The first-order valence-corrected chi connectivity index (χ1v) is 6.46. The van der Waals surface area contributed by atoms with Crippen molar-refractivity contribution in [3.05, 3.63) is 35.4 Å². The van der Waals surface area contributed by atoms with E-state index in [1.807, 2.05) is 0 Å². The van der Waals surface area contributed by atoms with Crippen LogP contribution in [0.4, 0.5) is 8.78 Å². The van der Waals surface area contributed by atoms with Gasteiger partial charge >= 0.3 is 0 Å². The second-order valence-corrected chi connectivity index (χ2v) is 4.83. The van der Waals surface area contributed by atoms with Crippen LogP contribution in [0.3, 0.4) is 0 Å². The van der Waals surface area contributed by atoms with Gasteiger partial charge < -0.3 is 10.0 Å². The van der Waals surface area contributed by atoms with Crippen molar-refractivity contribution in [2.75, 3.05) is 13.2 Å². The molecular formula is C14H17F2NO2. The number of likely N-dealkylation sites (tertiary alicyclic amines) is 1. The molecule has 1 atom stereocenters. The summed E-state index contributed by atoms with van der Waals surface area (Å²) in [5.74, 6) is -1.57. The minimum atomic E-state index is -0.703. The third kappa shape index (κ3) is 3.29. The lowest BCUT2D eigenvalue weighted by Gasteiger charge is -2.34. The van der Waals surface area contributed by atoms with Crippen molar-refractivity contribution >= 4 is 5.91 Å². The van der Waals surface area contributed by atoms with E-state index in [0.717, 1.165) is 31.4 Å². The number of rotatable bonds is 3. The number of carbonyl (C=O) groups is 1. The van der Waals surface area contributed by atoms with E-state index in [1.54, 1.807) is 4.90 Å². The zero-order valence-corrected chi connectivity index (χ0v) is 10.6. The van der Waals surface area contributed by atoms with Crippen molar-refractivity contribution in [3.8, 4) is 0 Å². The number of hydrogen-bond donors (Lipinski definition) is 1. The molecule has 2 rings (SSSR count). The van der Waals surface area contributed by atoms with E-state index < -0.39 is 11.6 Å². The van der Waals surface area contributed by atoms with Gasteiger partial charge in [-0.25, -0.2) is 8.78 Å². The predicted molar refractivity (Wildman–Crippen MR) is 66.5 cm³/mol. The molecule has 1 aromatic rings. The van der Waals surface area contributed by atoms with Gasteiger partial charge in [-0.3, -0.25) is 4.79 Å². The maximum atomic E-state index is 13.5. The molecule has 1 amide bonds. The van der Waals surface area contributed by atoms with E-state index in [-0.39, 0.29) is 30.5 Å². The second-order valence-electron chi connectivity index (χ2n) is 4.83. The van der Waals surface area contributed by atoms with Gasteiger partial charge in [-0.15, -0.1) is 0 Å². The predicted octanol–water partition coefficient (Wildman–Crippen LogP) is 1.88. The highest BCUT2D eigenvalue weighted by Crippen LogP contribution is 2.19. The smallest absolute Gasteiger partial charge is 0.227 e. The van der Waals surface area contributed by atoms with Crippen molar-refractivity contribution < 1.29 is 18.7 Å². The van der Waals surface area contributed by atoms with Gasteiger partial charge in [-0.1, -0.05) is 6.07 Å². The molecule has 1 saturated heterocycles. The van der Waals surface area contributed by atoms with E-state index in [9.17, 15) is 18.7 Å². The van der Waals surface area contributed by atoms with Gasteiger partial charge in [0.2, 0.25) is 5.91 Å². The molecule has 0 saturated carbocycles. The maximum Gasteiger partial charge on any atom is 0.227 e. The first kappa shape index (κ1) is 13.9. The molecule has 0 spiro atoms. The van der Waals surface area contributed by atoms with Crippen molar-refractivity contribution in [2.45, 2.75) is 31.7 Å². The summed E-state index contributed by atoms with van der Waals surface area (Å²) in [6.07, 6.45) is 2.56. The Morgan fingerprint density at radius 1 is 1.37 bits per heavy atom. The number of amides is 1. The fourth-order valence-corrected chi connectivity index (χ4v) is 2.45. The van der Waals surface area contributed by atoms with Crippen LogP contribution >= 0.6 is 0 Å². The Morgan fingerprint density at radius 2 is 2.16 bits per heavy atom. The van der Waals surface area contributed by atoms with Crippen molar-refractivity contribution in [1.82, 2.24) is 4.90 Å². The number of halogens is 2. The molecule has 1 heterocycles. The SMILES string of the molecule is O=C(Cc1ccc(F)cc1F)N1CCCCC1CO. The summed E-state index contributed by atoms with van der Waals surface area (Å²) in [6, 6.07) is 3.04. The van der Waals surface area contributed by atoms with E-state index in [0.29, 0.717) is 6.54 Å². The van der Waals surface area contributed by atoms with Crippen LogP contribution in [0.25, 0.3) is 0 Å². The van der Waals surface area contributed by atoms with E-state index in [2.05, 4.69) is 0 Å². The summed E-state index contributed by atoms with van der Waals surface area (Å²) in [4.78, 5) is 13.7. The highest BCUT2D eigenvalue weighted by molar-refractivity contribution is 5.79. The summed E-state index contributed by atoms with van der Waals surface area (Å²) >= 11 is 0. The zero-order chi connectivity index (χ0) is 13.8. The maximum absolute atomic E-state index is 13.5. The van der Waals surface area contributed by atoms with Crippen LogP contribution in [0.2, 0.25) is 0 Å². The van der Waals surface area contributed by atoms with E-state index in [1.165, 1.54) is 6.07 Å². The summed E-state index contributed by atoms with van der Waals surface area (Å²) in [5.41, 5.74) is 0.189. The number of aliphatic hydroxyl groups excluding tert-OH is 1. The van der Waals surface area contributed by atoms with Gasteiger partial charge in [0.1, 0.15) is 11.6 Å². The Balaban J connectivity index is 2.07. The molecule has 1 unspecified atom stereocenters. The minimum absolute atomic E-state index is 0.0718. The molecule has 0 aliphatic carbocycles. The van der Waals surface area contributed by atoms with Crippen LogP contribution in [-0.2, 0) is 11.2 Å². The van der Waals surface area contributed by atoms with E-state index in [4.69, 9.17) is 0 Å². The lowest BCUT2D eigenvalue weighted by atomic mass is 10.0. The quantitative estimate of drug-likeness (QED) is 0.910. The third-order valence-corrected chi connectivity index (χ3v) is 3.52. The van der Waals surface area contributed by atoms with Gasteiger partial charge in [0.25, 0.3) is 0 Å². The molecule has 104 valence electrons. The van der Waals surface area contributed by atoms with Gasteiger partial charge in [0.15, 0.2) is 0 Å². The lowest BCUT2D eigenvalue weighted by molar-refractivity contribution is -0.135. The molecule has 0 radical (unpaired) electrons. The summed E-state index contributed by atoms with van der Waals surface area (Å²) < 4.78 is 26.3. The fourth-order valence-electron chi connectivity index (χ4n) is 2.45. The molecule has 0 aromatic heterocycles. The minimum Gasteiger partial charge on any atom is -0.394 e. The second kappa shape index (κ2) is 6.10. The van der Waals surface area contributed by atoms with Crippen LogP contribution in [0.5, 0.6) is 0 Å². The third-order valence-electron chi connectivity index (χ3n) is 3.52. The standard InChI is InChI=1S/C14H17F2NO2/c15-11-5-4-10(13(16)8-11)7-14(19)17-6-2-1-3-12(17)9-18/h4-5,8,12,18H,1-3,6-7,9H2. The van der Waals surface area contributed by atoms with Crippen LogP contribution < -0.4 is 0 Å². The molecule has 1 aliphatic rings. The molecule has 1 aromatic carbocycles. The molecule has 5 heteroatoms. The molecule has 1 N–H and O–H groups in total. The Kier molecular flexibility index (Phi) is 4.47. The van der Waals surface area contributed by atoms with Crippen LogP contribution in [0, 0.1) is 11.6 Å². The molecular weight excluding hydrogens is 252 g/mol. The summed E-state index contributed by atoms with van der Waals surface area (Å²) in [6.45, 7) is 0.518. The van der Waals surface area contributed by atoms with Gasteiger partial charge in [0, 0.05) is 12.6 Å². The lowest BCUT2D eigenvalue weighted by Crippen LogP contribution is -2.46. The summed E-state index contributed by atoms with van der Waals surface area (Å²) in [5, 5.41) is 9.25. The summed E-state index contributed by atoms with van der Waals surface area (Å²) in [7, 11) is 0. The highest BCUT2D eigenvalue weighted by atomic mass is 19.1. The molecule has 0 bridgehead atoms. The monoisotopic (exact) mass is 269 g/mol. The van der Waals surface area contributed by atoms with Crippen molar-refractivity contribution in [3.63, 3.8) is 0 Å². The number of hydrogen-bond acceptors (Lipinski definition) is 2. The van der Waals surface area contributed by atoms with Crippen LogP contribution in [0.1, 0.15) is 24.8 Å². The van der Waals surface area contributed by atoms with Gasteiger partial charge in [-0.05, 0) is 30.9 Å². The average molecular weight is 269 g/mol. The van der Waals surface area contributed by atoms with E-state index >= 15 is 0 Å². The number of nitrogens with zero attached hydrogens (tertiary/aromatic N) is 1. The Hall–Kier alpha value is -1.49. The van der Waals surface area contributed by atoms with Gasteiger partial charge in [0.05, 0.1) is 19.1 Å². The van der Waals surface area contributed by atoms with Crippen molar-refractivity contribution in [2.24, 2.45) is 0 Å². The first-order valence-electron chi connectivity index (χ1n) is 6.46. The number of piperidine rings is 1. The van der Waals surface area contributed by atoms with Gasteiger partial charge in [-0.2, -0.15) is 0 Å². The molecule has 1 aliphatic heterocycles. The number of carbonyl (C=O) groups excluding carboxylic acids is 1. The largest absolute Gasteiger partial charge is 0.394 e. The molecule has 3 nitrogen and oxygen atoms in total. The molecule has 1 fully saturated rings. The molecule has 19 heavy (non-hydrogen) atoms. The van der Waals surface area contributed by atoms with Crippen LogP contribution in [-0.4, -0.2) is 35.1 Å². The Labute approximate surface area is 110 Å². The van der Waals surface area contributed by atoms with Crippen LogP contribution in [0.15, 0.2) is 18.2 Å². The Morgan fingerprint density at radius 3 is 2.84 bits per heavy atom. The Bertz CT molecular complexity index is 465. The number of aliphatic hydroxyl groups is 1. The fraction of sp³-hybridized carbons (Fsp3) is 0.500. The highest BCUT2D eigenvalue weighted by Gasteiger charge is 2.26. The van der Waals surface area contributed by atoms with Crippen molar-refractivity contribution in [1.29, 1.82) is 0 Å².